The van der Waals surface area contributed by atoms with Gasteiger partial charge in [-0.05, 0) is 108 Å². The summed E-state index contributed by atoms with van der Waals surface area (Å²) in [7, 11) is -20.2. The quantitative estimate of drug-likeness (QED) is 0.00680. The Bertz CT molecular complexity index is 5160. The average Bonchev–Trinajstić information content (AvgIpc) is 0.769. The number of anilines is 4. The Morgan fingerprint density at radius 1 is 0.433 bits per heavy atom. The molecule has 0 aliphatic heterocycles. The standard InChI is InChI=1S/2C27H22ClN7O12S2.Co.5Na/c2*1-2-46-7-8-47-27-31-25(28)30-26(32-27)29-14-3-5-16-13(9-14)10-21(49(43,44)45)23(24(16)37)34-33-22-17-6-4-15(35(38)39)11-18(17)20(12-19(22)36)48(40,41)42;;;;;;/h2*3-6,9-12,36-37H,2,7-8H2,1H3,(H,40,41,42)(H,43,44,45)(H,29,30,31,32);;;;;;/q;;;5*+1. The number of aromatic nitrogens is 6. The van der Waals surface area contributed by atoms with Gasteiger partial charge < -0.3 is 50.0 Å². The van der Waals surface area contributed by atoms with Gasteiger partial charge in [-0.3, -0.25) is 38.4 Å². The van der Waals surface area contributed by atoms with Gasteiger partial charge in [0.1, 0.15) is 67.0 Å². The number of non-ortho nitro benzene ring substituents is 2. The molecule has 0 bridgehead atoms. The van der Waals surface area contributed by atoms with Gasteiger partial charge >= 0.3 is 160 Å². The molecule has 0 saturated carbocycles. The minimum atomic E-state index is -5.10. The molecule has 0 atom stereocenters. The van der Waals surface area contributed by atoms with Gasteiger partial charge in [0.05, 0.1) is 23.1 Å². The monoisotopic (exact) mass is 1640 g/mol. The van der Waals surface area contributed by atoms with Crippen LogP contribution in [0.3, 0.4) is 0 Å². The van der Waals surface area contributed by atoms with Crippen LogP contribution < -0.4 is 168 Å². The van der Waals surface area contributed by atoms with Crippen LogP contribution in [0.2, 0.25) is 10.6 Å². The number of hydrogen-bond acceptors (Lipinski definition) is 32. The Kier molecular flexibility index (Phi) is 35.2. The number of ether oxygens (including phenoxy) is 4. The molecule has 0 fully saturated rings. The van der Waals surface area contributed by atoms with Crippen molar-refractivity contribution in [3.8, 4) is 35.0 Å². The summed E-state index contributed by atoms with van der Waals surface area (Å²) in [5.41, 5.74) is -3.17. The summed E-state index contributed by atoms with van der Waals surface area (Å²) in [6.07, 6.45) is 0. The fourth-order valence-corrected chi connectivity index (χ4v) is 12.1. The van der Waals surface area contributed by atoms with Crippen LogP contribution in [0.5, 0.6) is 35.0 Å². The molecule has 8 aromatic carbocycles. The number of benzene rings is 8. The maximum Gasteiger partial charge on any atom is 1.00 e. The van der Waals surface area contributed by atoms with E-state index in [-0.39, 0.29) is 269 Å². The van der Waals surface area contributed by atoms with Crippen molar-refractivity contribution in [3.63, 3.8) is 0 Å². The largest absolute Gasteiger partial charge is 1.00 e. The first-order valence-electron chi connectivity index (χ1n) is 27.1. The summed E-state index contributed by atoms with van der Waals surface area (Å²) >= 11 is 12.0. The van der Waals surface area contributed by atoms with Crippen LogP contribution in [0.4, 0.5) is 57.4 Å². The van der Waals surface area contributed by atoms with E-state index in [2.05, 4.69) is 61.0 Å². The molecular formula is C54H44Cl2CoN14Na5O24S4+5. The second-order valence-electron chi connectivity index (χ2n) is 19.5. The molecule has 50 heteroatoms. The van der Waals surface area contributed by atoms with Crippen LogP contribution in [-0.2, 0) is 66.7 Å². The van der Waals surface area contributed by atoms with Gasteiger partial charge in [0, 0.05) is 110 Å². The zero-order valence-electron chi connectivity index (χ0n) is 54.7. The molecule has 0 saturated heterocycles. The molecule has 0 amide bonds. The normalized spacial score (nSPS) is 11.5. The van der Waals surface area contributed by atoms with E-state index in [0.717, 1.165) is 48.5 Å². The number of aromatic hydroxyl groups is 4. The number of nitrogens with one attached hydrogen (secondary N) is 2. The molecule has 1 radical (unpaired) electrons. The van der Waals surface area contributed by atoms with Gasteiger partial charge in [-0.15, -0.1) is 20.5 Å². The molecule has 0 aliphatic rings. The number of azo groups is 2. The summed E-state index contributed by atoms with van der Waals surface area (Å²) in [5, 5.41) is 85.2. The van der Waals surface area contributed by atoms with Crippen molar-refractivity contribution in [1.82, 2.24) is 29.9 Å². The van der Waals surface area contributed by atoms with E-state index in [1.165, 1.54) is 36.4 Å². The SMILES string of the molecule is CCOCCOc1nc(Cl)nc(Nc2ccc3c(O)c(N=Nc4c(O)cc(S(=O)(=O)O)c5cc([N+](=O)[O-])ccc45)c(S(=O)(=O)O)cc3c2)n1.CCOCCOc1nc(Cl)nc(Nc2ccc3c(O)c(N=Nc4c(O)cc(S(=O)(=O)O)c5cc([N+](=O)[O-])ccc45)c(S(=O)(=O)O)cc3c2)n1.[Co].[Na+].[Na+].[Na+].[Na+].[Na+]. The predicted molar refractivity (Wildman–Crippen MR) is 344 cm³/mol. The molecule has 0 unspecified atom stereocenters. The zero-order chi connectivity index (χ0) is 71.3. The maximum atomic E-state index is 12.4. The Morgan fingerprint density at radius 2 is 0.760 bits per heavy atom. The molecule has 10 rings (SSSR count). The molecular weight excluding hydrogens is 1600 g/mol. The van der Waals surface area contributed by atoms with E-state index >= 15 is 0 Å². The van der Waals surface area contributed by atoms with Gasteiger partial charge in [0.15, 0.2) is 11.5 Å². The molecule has 10 N–H and O–H groups in total. The third-order valence-corrected chi connectivity index (χ3v) is 17.1. The Hall–Kier alpha value is -5.13. The van der Waals surface area contributed by atoms with Crippen molar-refractivity contribution in [2.75, 3.05) is 50.3 Å². The van der Waals surface area contributed by atoms with Crippen molar-refractivity contribution in [3.05, 3.63) is 128 Å². The molecule has 0 spiro atoms. The number of nitro groups is 2. The second kappa shape index (κ2) is 39.3. The molecule has 2 heterocycles. The van der Waals surface area contributed by atoms with Crippen molar-refractivity contribution < 1.29 is 266 Å². The van der Waals surface area contributed by atoms with Crippen molar-refractivity contribution in [2.24, 2.45) is 20.5 Å². The van der Waals surface area contributed by atoms with Gasteiger partial charge in [0.25, 0.3) is 51.8 Å². The molecule has 10 aromatic rings. The number of nitro benzene ring substituents is 2. The first-order valence-corrected chi connectivity index (χ1v) is 33.6. The number of phenolic OH excluding ortho intramolecular Hbond substituents is 4. The molecule has 104 heavy (non-hydrogen) atoms. The van der Waals surface area contributed by atoms with Crippen LogP contribution in [0.15, 0.2) is 137 Å². The summed E-state index contributed by atoms with van der Waals surface area (Å²) in [6.45, 7) is 5.42. The number of nitrogens with zero attached hydrogens (tertiary/aromatic N) is 12. The van der Waals surface area contributed by atoms with Crippen LogP contribution in [0, 0.1) is 20.2 Å². The third-order valence-electron chi connectivity index (χ3n) is 13.2. The first-order chi connectivity index (χ1) is 46.1. The number of halogens is 2. The predicted octanol–water partition coefficient (Wildman–Crippen LogP) is -4.55. The smallest absolute Gasteiger partial charge is 0.506 e. The van der Waals surface area contributed by atoms with Crippen molar-refractivity contribution in [1.29, 1.82) is 0 Å². The van der Waals surface area contributed by atoms with E-state index in [1.807, 2.05) is 13.8 Å². The Morgan fingerprint density at radius 3 is 1.08 bits per heavy atom. The number of hydrogen-bond donors (Lipinski definition) is 10. The molecule has 38 nitrogen and oxygen atoms in total. The van der Waals surface area contributed by atoms with Gasteiger partial charge in [0.2, 0.25) is 22.5 Å². The number of rotatable bonds is 24. The van der Waals surface area contributed by atoms with Gasteiger partial charge in [-0.1, -0.05) is 0 Å². The molecule has 2 aromatic heterocycles. The van der Waals surface area contributed by atoms with Crippen LogP contribution in [0.1, 0.15) is 13.8 Å². The summed E-state index contributed by atoms with van der Waals surface area (Å²) in [6, 6.07) is 16.8. The summed E-state index contributed by atoms with van der Waals surface area (Å²) in [4.78, 5) is 41.2. The van der Waals surface area contributed by atoms with Crippen molar-refractivity contribution in [2.45, 2.75) is 33.4 Å². The fraction of sp³-hybridized carbons (Fsp3) is 0.148. The van der Waals surface area contributed by atoms with E-state index < -0.39 is 138 Å². The Labute approximate surface area is 717 Å². The topological polar surface area (TPSA) is 572 Å². The second-order valence-corrected chi connectivity index (χ2v) is 25.8. The van der Waals surface area contributed by atoms with E-state index in [4.69, 9.17) is 42.1 Å². The minimum absolute atomic E-state index is 0. The minimum Gasteiger partial charge on any atom is -0.506 e. The van der Waals surface area contributed by atoms with E-state index in [9.17, 15) is 92.5 Å². The fourth-order valence-electron chi connectivity index (χ4n) is 9.05. The van der Waals surface area contributed by atoms with E-state index in [1.54, 1.807) is 0 Å². The van der Waals surface area contributed by atoms with Crippen LogP contribution in [0.25, 0.3) is 43.1 Å². The first kappa shape index (κ1) is 93.1. The van der Waals surface area contributed by atoms with Gasteiger partial charge in [-0.2, -0.15) is 63.6 Å². The Balaban J connectivity index is 0.000000511. The third kappa shape index (κ3) is 23.0. The van der Waals surface area contributed by atoms with Crippen LogP contribution >= 0.6 is 23.2 Å². The van der Waals surface area contributed by atoms with Crippen LogP contribution in [-0.4, -0.2) is 152 Å². The summed E-state index contributed by atoms with van der Waals surface area (Å²) in [5.74, 6) is -3.42. The average molecular weight is 1650 g/mol. The zero-order valence-corrected chi connectivity index (χ0v) is 70.5. The van der Waals surface area contributed by atoms with Gasteiger partial charge in [-0.25, -0.2) is 0 Å². The molecule has 521 valence electrons. The number of phenols is 4. The maximum absolute atomic E-state index is 12.4. The van der Waals surface area contributed by atoms with E-state index in [0.29, 0.717) is 25.3 Å². The summed E-state index contributed by atoms with van der Waals surface area (Å²) < 4.78 is 158. The number of fused-ring (bicyclic) bond motifs is 4. The molecule has 0 aliphatic carbocycles. The van der Waals surface area contributed by atoms with Crippen molar-refractivity contribution >= 4 is 164 Å².